The summed E-state index contributed by atoms with van der Waals surface area (Å²) in [4.78, 5) is 0. The average Bonchev–Trinajstić information content (AvgIpc) is 2.30. The van der Waals surface area contributed by atoms with Gasteiger partial charge in [-0.3, -0.25) is 0 Å². The monoisotopic (exact) mass is 229 g/mol. The average molecular weight is 229 g/mol. The number of hydrogen-bond acceptors (Lipinski definition) is 4. The van der Waals surface area contributed by atoms with E-state index in [0.717, 1.165) is 6.07 Å². The third kappa shape index (κ3) is 3.16. The molecule has 0 fully saturated rings. The number of nitrogens with one attached hydrogen (secondary N) is 1. The van der Waals surface area contributed by atoms with Crippen molar-refractivity contribution < 1.29 is 19.7 Å². The highest BCUT2D eigenvalue weighted by Gasteiger charge is 2.21. The molecule has 4 N–H and O–H groups in total. The lowest BCUT2D eigenvalue weighted by Crippen LogP contribution is -2.48. The second-order valence-electron chi connectivity index (χ2n) is 4.00. The molecule has 90 valence electrons. The summed E-state index contributed by atoms with van der Waals surface area (Å²) in [5.41, 5.74) is -0.466. The minimum Gasteiger partial charge on any atom is -0.508 e. The standard InChI is InChI=1S/C11H16FNO3/c1-11(6-14,7-15)13-5-8-4-9(12)2-3-10(8)16/h2-4,13-16H,5-7H2,1H3. The van der Waals surface area contributed by atoms with E-state index in [9.17, 15) is 9.50 Å². The quantitative estimate of drug-likeness (QED) is 0.588. The van der Waals surface area contributed by atoms with E-state index in [2.05, 4.69) is 5.32 Å². The largest absolute Gasteiger partial charge is 0.508 e. The molecule has 1 rings (SSSR count). The van der Waals surface area contributed by atoms with Gasteiger partial charge in [0.2, 0.25) is 0 Å². The summed E-state index contributed by atoms with van der Waals surface area (Å²) in [6, 6.07) is 3.63. The number of aromatic hydroxyl groups is 1. The zero-order valence-corrected chi connectivity index (χ0v) is 9.07. The maximum atomic E-state index is 12.9. The van der Waals surface area contributed by atoms with Crippen molar-refractivity contribution in [1.82, 2.24) is 5.32 Å². The summed E-state index contributed by atoms with van der Waals surface area (Å²) < 4.78 is 12.9. The zero-order chi connectivity index (χ0) is 12.2. The van der Waals surface area contributed by atoms with Crippen molar-refractivity contribution in [3.63, 3.8) is 0 Å². The lowest BCUT2D eigenvalue weighted by molar-refractivity contribution is 0.103. The van der Waals surface area contributed by atoms with E-state index in [4.69, 9.17) is 10.2 Å². The minimum absolute atomic E-state index is 0.0212. The molecule has 0 radical (unpaired) electrons. The van der Waals surface area contributed by atoms with E-state index in [0.29, 0.717) is 5.56 Å². The van der Waals surface area contributed by atoms with Crippen molar-refractivity contribution in [2.45, 2.75) is 19.0 Å². The van der Waals surface area contributed by atoms with Gasteiger partial charge in [-0.1, -0.05) is 0 Å². The molecule has 0 saturated heterocycles. The Kier molecular flexibility index (Phi) is 4.23. The topological polar surface area (TPSA) is 72.7 Å². The van der Waals surface area contributed by atoms with E-state index in [1.54, 1.807) is 6.92 Å². The Hall–Kier alpha value is -1.17. The summed E-state index contributed by atoms with van der Waals surface area (Å²) in [5, 5.41) is 30.4. The van der Waals surface area contributed by atoms with Crippen molar-refractivity contribution in [1.29, 1.82) is 0 Å². The Balaban J connectivity index is 2.70. The number of hydrogen-bond donors (Lipinski definition) is 4. The zero-order valence-electron chi connectivity index (χ0n) is 9.07. The number of rotatable bonds is 5. The molecule has 0 bridgehead atoms. The van der Waals surface area contributed by atoms with Crippen LogP contribution in [0, 0.1) is 5.82 Å². The molecule has 5 heteroatoms. The van der Waals surface area contributed by atoms with Crippen molar-refractivity contribution in [3.8, 4) is 5.75 Å². The summed E-state index contributed by atoms with van der Waals surface area (Å²) in [6.45, 7) is 1.30. The van der Waals surface area contributed by atoms with Crippen LogP contribution in [0.15, 0.2) is 18.2 Å². The lowest BCUT2D eigenvalue weighted by atomic mass is 10.0. The Morgan fingerprint density at radius 3 is 2.50 bits per heavy atom. The van der Waals surface area contributed by atoms with E-state index < -0.39 is 11.4 Å². The highest BCUT2D eigenvalue weighted by molar-refractivity contribution is 5.32. The van der Waals surface area contributed by atoms with Gasteiger partial charge in [0.1, 0.15) is 11.6 Å². The number of aliphatic hydroxyl groups is 2. The first-order valence-corrected chi connectivity index (χ1v) is 4.95. The molecule has 16 heavy (non-hydrogen) atoms. The molecule has 4 nitrogen and oxygen atoms in total. The molecule has 0 aliphatic heterocycles. The van der Waals surface area contributed by atoms with Crippen LogP contribution in [0.2, 0.25) is 0 Å². The fraction of sp³-hybridized carbons (Fsp3) is 0.455. The predicted molar refractivity (Wildman–Crippen MR) is 57.5 cm³/mol. The molecule has 0 heterocycles. The third-order valence-corrected chi connectivity index (χ3v) is 2.45. The minimum atomic E-state index is -0.848. The fourth-order valence-electron chi connectivity index (χ4n) is 1.17. The number of benzene rings is 1. The van der Waals surface area contributed by atoms with Crippen molar-refractivity contribution in [2.75, 3.05) is 13.2 Å². The molecule has 0 aliphatic rings. The summed E-state index contributed by atoms with van der Waals surface area (Å²) >= 11 is 0. The van der Waals surface area contributed by atoms with Crippen LogP contribution in [-0.2, 0) is 6.54 Å². The highest BCUT2D eigenvalue weighted by Crippen LogP contribution is 2.18. The molecule has 0 aliphatic carbocycles. The molecule has 1 aromatic rings. The lowest BCUT2D eigenvalue weighted by Gasteiger charge is -2.26. The second-order valence-corrected chi connectivity index (χ2v) is 4.00. The molecule has 0 amide bonds. The summed E-state index contributed by atoms with van der Waals surface area (Å²) in [5.74, 6) is -0.462. The van der Waals surface area contributed by atoms with Gasteiger partial charge in [-0.2, -0.15) is 0 Å². The van der Waals surface area contributed by atoms with Gasteiger partial charge in [-0.25, -0.2) is 4.39 Å². The first-order chi connectivity index (χ1) is 7.50. The summed E-state index contributed by atoms with van der Waals surface area (Å²) in [6.07, 6.45) is 0. The van der Waals surface area contributed by atoms with Crippen LogP contribution in [0.1, 0.15) is 12.5 Å². The Labute approximate surface area is 93.4 Å². The van der Waals surface area contributed by atoms with Gasteiger partial charge >= 0.3 is 0 Å². The van der Waals surface area contributed by atoms with Gasteiger partial charge < -0.3 is 20.6 Å². The first kappa shape index (κ1) is 12.9. The van der Waals surface area contributed by atoms with Gasteiger partial charge in [0, 0.05) is 12.1 Å². The molecule has 0 unspecified atom stereocenters. The number of halogens is 1. The van der Waals surface area contributed by atoms with E-state index >= 15 is 0 Å². The van der Waals surface area contributed by atoms with Crippen LogP contribution < -0.4 is 5.32 Å². The first-order valence-electron chi connectivity index (χ1n) is 4.95. The number of phenolic OH excluding ortho intramolecular Hbond substituents is 1. The Morgan fingerprint density at radius 2 is 1.94 bits per heavy atom. The van der Waals surface area contributed by atoms with Gasteiger partial charge in [-0.05, 0) is 25.1 Å². The maximum Gasteiger partial charge on any atom is 0.123 e. The number of aliphatic hydroxyl groups excluding tert-OH is 2. The maximum absolute atomic E-state index is 12.9. The van der Waals surface area contributed by atoms with Crippen LogP contribution in [0.3, 0.4) is 0 Å². The molecule has 0 spiro atoms. The van der Waals surface area contributed by atoms with E-state index in [-0.39, 0.29) is 25.5 Å². The molecule has 0 aromatic heterocycles. The smallest absolute Gasteiger partial charge is 0.123 e. The molecule has 1 aromatic carbocycles. The molecular formula is C11H16FNO3. The SMILES string of the molecule is CC(CO)(CO)NCc1cc(F)ccc1O. The van der Waals surface area contributed by atoms with Crippen molar-refractivity contribution in [3.05, 3.63) is 29.6 Å². The normalized spacial score (nSPS) is 11.8. The van der Waals surface area contributed by atoms with E-state index in [1.165, 1.54) is 12.1 Å². The van der Waals surface area contributed by atoms with Crippen LogP contribution in [0.5, 0.6) is 5.75 Å². The van der Waals surface area contributed by atoms with Crippen LogP contribution in [0.4, 0.5) is 4.39 Å². The van der Waals surface area contributed by atoms with Gasteiger partial charge in [0.25, 0.3) is 0 Å². The van der Waals surface area contributed by atoms with Gasteiger partial charge in [-0.15, -0.1) is 0 Å². The molecule has 0 atom stereocenters. The van der Waals surface area contributed by atoms with Crippen LogP contribution in [0.25, 0.3) is 0 Å². The Morgan fingerprint density at radius 1 is 1.31 bits per heavy atom. The second kappa shape index (κ2) is 5.25. The van der Waals surface area contributed by atoms with Crippen molar-refractivity contribution in [2.24, 2.45) is 0 Å². The number of phenols is 1. The third-order valence-electron chi connectivity index (χ3n) is 2.45. The van der Waals surface area contributed by atoms with Crippen molar-refractivity contribution >= 4 is 0 Å². The Bertz CT molecular complexity index is 353. The summed E-state index contributed by atoms with van der Waals surface area (Å²) in [7, 11) is 0. The fourth-order valence-corrected chi connectivity index (χ4v) is 1.17. The van der Waals surface area contributed by atoms with Gasteiger partial charge in [0.05, 0.1) is 18.8 Å². The van der Waals surface area contributed by atoms with E-state index in [1.807, 2.05) is 0 Å². The van der Waals surface area contributed by atoms with Crippen LogP contribution in [-0.4, -0.2) is 34.1 Å². The van der Waals surface area contributed by atoms with Gasteiger partial charge in [0.15, 0.2) is 0 Å². The van der Waals surface area contributed by atoms with Crippen LogP contribution >= 0.6 is 0 Å². The molecule has 0 saturated carbocycles. The predicted octanol–water partition coefficient (Wildman–Crippen LogP) is 0.364. The highest BCUT2D eigenvalue weighted by atomic mass is 19.1. The molecular weight excluding hydrogens is 213 g/mol.